The summed E-state index contributed by atoms with van der Waals surface area (Å²) >= 11 is 1.44. The Morgan fingerprint density at radius 2 is 2.00 bits per heavy atom. The van der Waals surface area contributed by atoms with Crippen LogP contribution in [0.5, 0.6) is 0 Å². The number of carbonyl (C=O) groups is 1. The van der Waals surface area contributed by atoms with E-state index in [0.717, 1.165) is 27.1 Å². The first kappa shape index (κ1) is 21.5. The van der Waals surface area contributed by atoms with Crippen molar-refractivity contribution in [3.63, 3.8) is 0 Å². The van der Waals surface area contributed by atoms with E-state index >= 15 is 0 Å². The van der Waals surface area contributed by atoms with Crippen LogP contribution in [0.2, 0.25) is 0 Å². The lowest BCUT2D eigenvalue weighted by Crippen LogP contribution is -2.46. The standard InChI is InChI=1S/C23H21N5O3S/c1-28-20-9-16(6-7-21(20)31-23(28)30)15-4-2-14(3-5-15)8-17(11-24)27-22(29)19(25)10-18-12-26-13-32-18/h2-7,9,12-13,17,19H,8,10,25H2,1H3,(H,27,29)/t17-,19?/m0/s1. The maximum Gasteiger partial charge on any atom is 0.419 e. The first-order valence-corrected chi connectivity index (χ1v) is 10.8. The van der Waals surface area contributed by atoms with Crippen molar-refractivity contribution in [2.45, 2.75) is 24.9 Å². The van der Waals surface area contributed by atoms with E-state index in [1.54, 1.807) is 24.8 Å². The Morgan fingerprint density at radius 3 is 2.69 bits per heavy atom. The van der Waals surface area contributed by atoms with Gasteiger partial charge in [0.05, 0.1) is 23.1 Å². The molecule has 0 radical (unpaired) electrons. The number of carbonyl (C=O) groups excluding carboxylic acids is 1. The number of nitrogens with zero attached hydrogens (tertiary/aromatic N) is 3. The zero-order valence-corrected chi connectivity index (χ0v) is 18.1. The Morgan fingerprint density at radius 1 is 1.25 bits per heavy atom. The largest absolute Gasteiger partial charge is 0.419 e. The first-order chi connectivity index (χ1) is 15.4. The van der Waals surface area contributed by atoms with Gasteiger partial charge >= 0.3 is 5.76 Å². The van der Waals surface area contributed by atoms with E-state index in [0.29, 0.717) is 18.4 Å². The molecule has 0 bridgehead atoms. The van der Waals surface area contributed by atoms with Gasteiger partial charge in [-0.15, -0.1) is 11.3 Å². The number of thiazole rings is 1. The molecule has 162 valence electrons. The van der Waals surface area contributed by atoms with Crippen LogP contribution < -0.4 is 16.8 Å². The molecule has 32 heavy (non-hydrogen) atoms. The van der Waals surface area contributed by atoms with Gasteiger partial charge in [-0.05, 0) is 28.8 Å². The predicted octanol–water partition coefficient (Wildman–Crippen LogP) is 2.38. The van der Waals surface area contributed by atoms with Gasteiger partial charge < -0.3 is 15.5 Å². The Bertz CT molecular complexity index is 1330. The number of rotatable bonds is 7. The van der Waals surface area contributed by atoms with Gasteiger partial charge in [-0.2, -0.15) is 5.26 Å². The van der Waals surface area contributed by atoms with Crippen LogP contribution in [0, 0.1) is 11.3 Å². The smallest absolute Gasteiger partial charge is 0.408 e. The highest BCUT2D eigenvalue weighted by atomic mass is 32.1. The summed E-state index contributed by atoms with van der Waals surface area (Å²) < 4.78 is 6.64. The third kappa shape index (κ3) is 4.61. The van der Waals surface area contributed by atoms with E-state index in [9.17, 15) is 14.9 Å². The molecule has 2 aromatic carbocycles. The van der Waals surface area contributed by atoms with Crippen LogP contribution in [0.25, 0.3) is 22.2 Å². The number of aryl methyl sites for hydroxylation is 1. The summed E-state index contributed by atoms with van der Waals surface area (Å²) in [6.45, 7) is 0. The second-order valence-corrected chi connectivity index (χ2v) is 8.45. The monoisotopic (exact) mass is 447 g/mol. The fourth-order valence-corrected chi connectivity index (χ4v) is 4.09. The lowest BCUT2D eigenvalue weighted by atomic mass is 10.0. The van der Waals surface area contributed by atoms with E-state index in [-0.39, 0.29) is 5.91 Å². The second kappa shape index (κ2) is 9.18. The molecule has 2 aromatic heterocycles. The number of hydrogen-bond acceptors (Lipinski definition) is 7. The number of oxazole rings is 1. The molecular formula is C23H21N5O3S. The lowest BCUT2D eigenvalue weighted by molar-refractivity contribution is -0.122. The summed E-state index contributed by atoms with van der Waals surface area (Å²) in [7, 11) is 1.67. The first-order valence-electron chi connectivity index (χ1n) is 9.96. The van der Waals surface area contributed by atoms with Gasteiger partial charge in [0.2, 0.25) is 5.91 Å². The molecule has 9 heteroatoms. The topological polar surface area (TPSA) is 127 Å². The van der Waals surface area contributed by atoms with E-state index in [4.69, 9.17) is 10.2 Å². The molecule has 2 heterocycles. The second-order valence-electron chi connectivity index (χ2n) is 7.48. The van der Waals surface area contributed by atoms with Gasteiger partial charge in [0.15, 0.2) is 5.58 Å². The van der Waals surface area contributed by atoms with E-state index in [1.165, 1.54) is 15.9 Å². The van der Waals surface area contributed by atoms with Gasteiger partial charge in [-0.25, -0.2) is 4.79 Å². The Labute approximate surface area is 187 Å². The normalized spacial score (nSPS) is 12.9. The van der Waals surface area contributed by atoms with Crippen LogP contribution in [-0.4, -0.2) is 27.5 Å². The van der Waals surface area contributed by atoms with E-state index in [1.807, 2.05) is 36.4 Å². The number of nitrogens with one attached hydrogen (secondary N) is 1. The lowest BCUT2D eigenvalue weighted by Gasteiger charge is -2.15. The van der Waals surface area contributed by atoms with E-state index < -0.39 is 17.8 Å². The molecule has 0 aliphatic rings. The summed E-state index contributed by atoms with van der Waals surface area (Å²) in [5.41, 5.74) is 11.7. The summed E-state index contributed by atoms with van der Waals surface area (Å²) in [6, 6.07) is 14.0. The Kier molecular flexibility index (Phi) is 6.16. The number of nitriles is 1. The van der Waals surface area contributed by atoms with Crippen molar-refractivity contribution in [1.29, 1.82) is 5.26 Å². The zero-order chi connectivity index (χ0) is 22.7. The molecule has 1 unspecified atom stereocenters. The quantitative estimate of drug-likeness (QED) is 0.448. The molecule has 3 N–H and O–H groups in total. The number of benzene rings is 2. The van der Waals surface area contributed by atoms with Gasteiger partial charge in [0.1, 0.15) is 6.04 Å². The Hall–Kier alpha value is -3.74. The maximum atomic E-state index is 12.4. The highest BCUT2D eigenvalue weighted by molar-refractivity contribution is 7.09. The van der Waals surface area contributed by atoms with Crippen LogP contribution >= 0.6 is 11.3 Å². The van der Waals surface area contributed by atoms with Gasteiger partial charge in [-0.1, -0.05) is 30.3 Å². The summed E-state index contributed by atoms with van der Waals surface area (Å²) in [6.07, 6.45) is 2.44. The minimum absolute atomic E-state index is 0.361. The molecule has 4 aromatic rings. The SMILES string of the molecule is Cn1c(=O)oc2ccc(-c3ccc(C[C@@H](C#N)NC(=O)C(N)Cc4cncs4)cc3)cc21. The molecule has 0 aliphatic carbocycles. The average molecular weight is 448 g/mol. The minimum Gasteiger partial charge on any atom is -0.408 e. The molecule has 0 saturated carbocycles. The van der Waals surface area contributed by atoms with Crippen molar-refractivity contribution in [3.8, 4) is 17.2 Å². The van der Waals surface area contributed by atoms with Crippen LogP contribution in [0.4, 0.5) is 0 Å². The molecular weight excluding hydrogens is 426 g/mol. The van der Waals surface area contributed by atoms with E-state index in [2.05, 4.69) is 16.4 Å². The van der Waals surface area contributed by atoms with Crippen molar-refractivity contribution in [3.05, 3.63) is 75.2 Å². The summed E-state index contributed by atoms with van der Waals surface area (Å²) in [4.78, 5) is 29.0. The number of aromatic nitrogens is 2. The van der Waals surface area contributed by atoms with Crippen LogP contribution in [0.15, 0.2) is 63.4 Å². The van der Waals surface area contributed by atoms with Crippen LogP contribution in [-0.2, 0) is 24.7 Å². The predicted molar refractivity (Wildman–Crippen MR) is 122 cm³/mol. The molecule has 2 atom stereocenters. The summed E-state index contributed by atoms with van der Waals surface area (Å²) in [5.74, 6) is -0.760. The summed E-state index contributed by atoms with van der Waals surface area (Å²) in [5, 5.41) is 12.2. The van der Waals surface area contributed by atoms with Crippen molar-refractivity contribution in [2.24, 2.45) is 12.8 Å². The molecule has 1 amide bonds. The average Bonchev–Trinajstić information content (AvgIpc) is 3.41. The van der Waals surface area contributed by atoms with Crippen molar-refractivity contribution in [1.82, 2.24) is 14.9 Å². The van der Waals surface area contributed by atoms with Crippen molar-refractivity contribution < 1.29 is 9.21 Å². The van der Waals surface area contributed by atoms with Crippen LogP contribution in [0.1, 0.15) is 10.4 Å². The Balaban J connectivity index is 1.42. The van der Waals surface area contributed by atoms with Gasteiger partial charge in [0, 0.05) is 31.0 Å². The van der Waals surface area contributed by atoms with Gasteiger partial charge in [-0.3, -0.25) is 14.3 Å². The number of nitrogens with two attached hydrogens (primary N) is 1. The maximum absolute atomic E-state index is 12.4. The molecule has 0 spiro atoms. The molecule has 4 rings (SSSR count). The van der Waals surface area contributed by atoms with Crippen molar-refractivity contribution in [2.75, 3.05) is 0 Å². The molecule has 0 saturated heterocycles. The minimum atomic E-state index is -0.734. The molecule has 0 aliphatic heterocycles. The fraction of sp³-hybridized carbons (Fsp3) is 0.217. The highest BCUT2D eigenvalue weighted by Crippen LogP contribution is 2.24. The molecule has 8 nitrogen and oxygen atoms in total. The number of amides is 1. The zero-order valence-electron chi connectivity index (χ0n) is 17.3. The number of hydrogen-bond donors (Lipinski definition) is 2. The van der Waals surface area contributed by atoms with Crippen LogP contribution in [0.3, 0.4) is 0 Å². The highest BCUT2D eigenvalue weighted by Gasteiger charge is 2.19. The third-order valence-corrected chi connectivity index (χ3v) is 6.03. The fourth-order valence-electron chi connectivity index (χ4n) is 3.44. The van der Waals surface area contributed by atoms with Crippen molar-refractivity contribution >= 4 is 28.3 Å². The third-order valence-electron chi connectivity index (χ3n) is 5.23. The van der Waals surface area contributed by atoms with Gasteiger partial charge in [0.25, 0.3) is 0 Å². The molecule has 0 fully saturated rings. The number of fused-ring (bicyclic) bond motifs is 1.